The lowest BCUT2D eigenvalue weighted by molar-refractivity contribution is 0.0222. The molecule has 4 unspecified atom stereocenters. The van der Waals surface area contributed by atoms with E-state index in [1.807, 2.05) is 0 Å². The Morgan fingerprint density at radius 1 is 1.22 bits per heavy atom. The maximum atomic E-state index is 6.30. The number of hydrogen-bond acceptors (Lipinski definition) is 4. The van der Waals surface area contributed by atoms with Crippen molar-refractivity contribution < 1.29 is 0 Å². The molecule has 0 spiro atoms. The SMILES string of the molecule is CCCNC1CC=C(CN[C@@H](CN2CCC(C3C=CC(Cl)CC3)C(C)(C)C2)C(C)C)CN1. The predicted molar refractivity (Wildman–Crippen MR) is 139 cm³/mol. The van der Waals surface area contributed by atoms with Crippen LogP contribution in [-0.2, 0) is 0 Å². The zero-order chi connectivity index (χ0) is 23.1. The fourth-order valence-electron chi connectivity index (χ4n) is 5.93. The Kier molecular flexibility index (Phi) is 10.1. The number of allylic oxidation sites excluding steroid dienone is 2. The predicted octanol–water partition coefficient (Wildman–Crippen LogP) is 4.77. The monoisotopic (exact) mass is 464 g/mol. The normalized spacial score (nSPS) is 32.2. The minimum Gasteiger partial charge on any atom is -0.309 e. The van der Waals surface area contributed by atoms with E-state index < -0.39 is 0 Å². The highest BCUT2D eigenvalue weighted by molar-refractivity contribution is 6.21. The van der Waals surface area contributed by atoms with Gasteiger partial charge >= 0.3 is 0 Å². The number of likely N-dealkylation sites (tertiary alicyclic amines) is 1. The van der Waals surface area contributed by atoms with E-state index in [1.54, 1.807) is 0 Å². The molecule has 0 aromatic rings. The number of rotatable bonds is 10. The minimum absolute atomic E-state index is 0.250. The summed E-state index contributed by atoms with van der Waals surface area (Å²) in [5.41, 5.74) is 1.86. The molecule has 1 fully saturated rings. The van der Waals surface area contributed by atoms with Gasteiger partial charge in [-0.2, -0.15) is 0 Å². The molecule has 3 aliphatic rings. The van der Waals surface area contributed by atoms with Gasteiger partial charge in [0.15, 0.2) is 0 Å². The lowest BCUT2D eigenvalue weighted by Crippen LogP contribution is -2.53. The van der Waals surface area contributed by atoms with Crippen molar-refractivity contribution in [3.8, 4) is 0 Å². The Labute approximate surface area is 203 Å². The average Bonchev–Trinajstić information content (AvgIpc) is 2.76. The average molecular weight is 465 g/mol. The summed E-state index contributed by atoms with van der Waals surface area (Å²) in [7, 11) is 0. The molecule has 1 saturated heterocycles. The second kappa shape index (κ2) is 12.4. The van der Waals surface area contributed by atoms with Gasteiger partial charge in [-0.15, -0.1) is 11.6 Å². The van der Waals surface area contributed by atoms with E-state index in [0.29, 0.717) is 29.5 Å². The molecule has 3 rings (SSSR count). The van der Waals surface area contributed by atoms with Crippen molar-refractivity contribution in [3.05, 3.63) is 23.8 Å². The molecule has 32 heavy (non-hydrogen) atoms. The van der Waals surface area contributed by atoms with Gasteiger partial charge in [-0.25, -0.2) is 0 Å². The molecule has 2 heterocycles. The van der Waals surface area contributed by atoms with Gasteiger partial charge in [0.05, 0.1) is 11.5 Å². The first-order chi connectivity index (χ1) is 15.3. The van der Waals surface area contributed by atoms with Crippen LogP contribution in [0, 0.1) is 23.2 Å². The van der Waals surface area contributed by atoms with E-state index in [0.717, 1.165) is 44.9 Å². The van der Waals surface area contributed by atoms with E-state index in [-0.39, 0.29) is 5.38 Å². The molecular formula is C27H49ClN4. The van der Waals surface area contributed by atoms with Gasteiger partial charge in [0.25, 0.3) is 0 Å². The topological polar surface area (TPSA) is 39.3 Å². The number of alkyl halides is 1. The lowest BCUT2D eigenvalue weighted by Gasteiger charge is -2.48. The molecule has 5 heteroatoms. The van der Waals surface area contributed by atoms with Crippen molar-refractivity contribution in [3.63, 3.8) is 0 Å². The fourth-order valence-corrected chi connectivity index (χ4v) is 6.14. The Bertz CT molecular complexity index is 629. The summed E-state index contributed by atoms with van der Waals surface area (Å²) in [6.07, 6.45) is 13.5. The molecule has 0 bridgehead atoms. The van der Waals surface area contributed by atoms with Crippen LogP contribution in [0.5, 0.6) is 0 Å². The van der Waals surface area contributed by atoms with Crippen molar-refractivity contribution in [1.29, 1.82) is 0 Å². The molecule has 5 atom stereocenters. The largest absolute Gasteiger partial charge is 0.309 e. The van der Waals surface area contributed by atoms with Crippen LogP contribution in [0.25, 0.3) is 0 Å². The molecule has 184 valence electrons. The minimum atomic E-state index is 0.250. The summed E-state index contributed by atoms with van der Waals surface area (Å²) in [4.78, 5) is 2.73. The van der Waals surface area contributed by atoms with E-state index in [4.69, 9.17) is 11.6 Å². The first kappa shape index (κ1) is 26.2. The molecule has 0 aromatic heterocycles. The third kappa shape index (κ3) is 7.56. The summed E-state index contributed by atoms with van der Waals surface area (Å²) in [6.45, 7) is 18.6. The molecular weight excluding hydrogens is 416 g/mol. The molecule has 0 radical (unpaired) electrons. The first-order valence-corrected chi connectivity index (χ1v) is 13.6. The van der Waals surface area contributed by atoms with Crippen molar-refractivity contribution in [1.82, 2.24) is 20.9 Å². The zero-order valence-corrected chi connectivity index (χ0v) is 22.1. The Balaban J connectivity index is 1.48. The van der Waals surface area contributed by atoms with Gasteiger partial charge < -0.3 is 15.5 Å². The highest BCUT2D eigenvalue weighted by atomic mass is 35.5. The summed E-state index contributed by atoms with van der Waals surface area (Å²) in [6, 6.07) is 0.533. The molecule has 0 amide bonds. The number of nitrogens with one attached hydrogen (secondary N) is 3. The van der Waals surface area contributed by atoms with Gasteiger partial charge in [-0.05, 0) is 73.9 Å². The molecule has 2 aliphatic heterocycles. The van der Waals surface area contributed by atoms with Crippen molar-refractivity contribution in [2.45, 2.75) is 84.3 Å². The van der Waals surface area contributed by atoms with E-state index >= 15 is 0 Å². The first-order valence-electron chi connectivity index (χ1n) is 13.2. The Morgan fingerprint density at radius 3 is 2.62 bits per heavy atom. The molecule has 3 N–H and O–H groups in total. The molecule has 1 aliphatic carbocycles. The quantitative estimate of drug-likeness (QED) is 0.321. The second-order valence-electron chi connectivity index (χ2n) is 11.5. The third-order valence-corrected chi connectivity index (χ3v) is 8.32. The van der Waals surface area contributed by atoms with Crippen LogP contribution in [-0.4, -0.2) is 61.8 Å². The van der Waals surface area contributed by atoms with Gasteiger partial charge in [-0.3, -0.25) is 5.32 Å². The van der Waals surface area contributed by atoms with Crippen LogP contribution >= 0.6 is 11.6 Å². The third-order valence-electron chi connectivity index (χ3n) is 7.96. The maximum absolute atomic E-state index is 6.30. The van der Waals surface area contributed by atoms with Crippen LogP contribution in [0.15, 0.2) is 23.8 Å². The van der Waals surface area contributed by atoms with Gasteiger partial charge in [0, 0.05) is 32.2 Å². The van der Waals surface area contributed by atoms with Gasteiger partial charge in [-0.1, -0.05) is 52.8 Å². The molecule has 0 aromatic carbocycles. The Hall–Kier alpha value is -0.390. The van der Waals surface area contributed by atoms with Gasteiger partial charge in [0.1, 0.15) is 0 Å². The van der Waals surface area contributed by atoms with Crippen LogP contribution < -0.4 is 16.0 Å². The van der Waals surface area contributed by atoms with Crippen molar-refractivity contribution in [2.24, 2.45) is 23.2 Å². The van der Waals surface area contributed by atoms with Crippen LogP contribution in [0.2, 0.25) is 0 Å². The maximum Gasteiger partial charge on any atom is 0.0609 e. The van der Waals surface area contributed by atoms with E-state index in [1.165, 1.54) is 37.9 Å². The van der Waals surface area contributed by atoms with E-state index in [2.05, 4.69) is 73.7 Å². The van der Waals surface area contributed by atoms with Crippen LogP contribution in [0.1, 0.15) is 66.7 Å². The Morgan fingerprint density at radius 2 is 2.03 bits per heavy atom. The lowest BCUT2D eigenvalue weighted by atomic mass is 9.65. The van der Waals surface area contributed by atoms with Crippen LogP contribution in [0.4, 0.5) is 0 Å². The summed E-state index contributed by atoms with van der Waals surface area (Å²) in [5, 5.41) is 11.4. The molecule has 4 nitrogen and oxygen atoms in total. The molecule has 0 saturated carbocycles. The number of halogens is 1. The highest BCUT2D eigenvalue weighted by Gasteiger charge is 2.40. The van der Waals surface area contributed by atoms with Crippen LogP contribution in [0.3, 0.4) is 0 Å². The summed E-state index contributed by atoms with van der Waals surface area (Å²) < 4.78 is 0. The summed E-state index contributed by atoms with van der Waals surface area (Å²) in [5.74, 6) is 2.12. The second-order valence-corrected chi connectivity index (χ2v) is 12.0. The number of hydrogen-bond donors (Lipinski definition) is 3. The van der Waals surface area contributed by atoms with E-state index in [9.17, 15) is 0 Å². The van der Waals surface area contributed by atoms with Crippen molar-refractivity contribution >= 4 is 11.6 Å². The highest BCUT2D eigenvalue weighted by Crippen LogP contribution is 2.43. The number of piperidine rings is 1. The van der Waals surface area contributed by atoms with Gasteiger partial charge in [0.2, 0.25) is 0 Å². The fraction of sp³-hybridized carbons (Fsp3) is 0.852. The zero-order valence-electron chi connectivity index (χ0n) is 21.3. The standard InChI is InChI=1S/C27H49ClN4/c1-6-14-29-26-12-7-21(17-31-26)16-30-25(20(2)3)18-32-15-13-24(27(4,5)19-32)22-8-10-23(28)11-9-22/h7-8,10,20,22-26,29-31H,6,9,11-19H2,1-5H3/t22?,23?,24?,25-,26?/m0/s1. The number of nitrogens with zero attached hydrogens (tertiary/aromatic N) is 1. The smallest absolute Gasteiger partial charge is 0.0609 e. The van der Waals surface area contributed by atoms with Crippen molar-refractivity contribution in [2.75, 3.05) is 39.3 Å². The summed E-state index contributed by atoms with van der Waals surface area (Å²) >= 11 is 6.30.